The normalized spacial score (nSPS) is 15.8. The first kappa shape index (κ1) is 85.5. The number of aromatic amines is 1. The third-order valence-electron chi connectivity index (χ3n) is 17.3. The lowest BCUT2D eigenvalue weighted by Gasteiger charge is -2.38. The number of hydrogen-bond donors (Lipinski definition) is 16. The summed E-state index contributed by atoms with van der Waals surface area (Å²) >= 11 is 1.42. The molecule has 2 heterocycles. The number of primary amides is 1. The number of benzene rings is 3. The number of imide groups is 1. The van der Waals surface area contributed by atoms with E-state index in [1.807, 2.05) is 0 Å². The maximum Gasteiger partial charge on any atom is 0.317 e. The SMILES string of the molecule is CSCC[C@H](NC(=O)[C@H](Cc1ccccc1)NC(=O)[C@H](CO)NC(=O)CNC(=O)[C@@H](NC(=O)[C@H](C)NC(=O)[C@H](Cc1c[nH]c2ccccc12)NC(=O)[C@H]([C@H](NC(=O)CN1CCN(CC(=O)O)CCN(CC(=O)O)CCN(CC(=O)O)CC1)C(C)C)N(C(=O)CN)C(=O)c1ccc(N)cc1)C(C)C)C(N)=O. The number of fused-ring (bicyclic) bond motifs is 1. The van der Waals surface area contributed by atoms with E-state index in [-0.39, 0.29) is 82.9 Å². The number of H-pyrrole nitrogens is 1. The van der Waals surface area contributed by atoms with Crippen molar-refractivity contribution in [1.82, 2.24) is 72.0 Å². The van der Waals surface area contributed by atoms with E-state index in [1.165, 1.54) is 43.0 Å². The van der Waals surface area contributed by atoms with Crippen molar-refractivity contribution < 1.29 is 87.5 Å². The topological polar surface area (TPSA) is 526 Å². The second-order valence-corrected chi connectivity index (χ2v) is 27.1. The number of nitrogens with one attached hydrogen (secondary N) is 9. The van der Waals surface area contributed by atoms with Crippen LogP contribution in [-0.2, 0) is 75.2 Å². The van der Waals surface area contributed by atoms with E-state index in [0.29, 0.717) is 32.7 Å². The van der Waals surface area contributed by atoms with Gasteiger partial charge in [0.2, 0.25) is 59.1 Å². The maximum absolute atomic E-state index is 15.7. The van der Waals surface area contributed by atoms with Gasteiger partial charge < -0.3 is 85.1 Å². The van der Waals surface area contributed by atoms with Gasteiger partial charge >= 0.3 is 17.9 Å². The number of aliphatic carboxylic acids is 3. The Morgan fingerprint density at radius 2 is 1.06 bits per heavy atom. The average Bonchev–Trinajstić information content (AvgIpc) is 1.12. The van der Waals surface area contributed by atoms with Gasteiger partial charge in [0.1, 0.15) is 42.3 Å². The summed E-state index contributed by atoms with van der Waals surface area (Å²) in [6.45, 7) is 3.64. The average molecular weight is 1490 g/mol. The van der Waals surface area contributed by atoms with Crippen LogP contribution in [0.15, 0.2) is 85.1 Å². The standard InChI is InChI=1S/C69H99N17O18S/c1-40(2)59(80-54(89)35-82-21-23-83(36-56(91)92)25-27-85(38-58(95)96)28-26-84(24-22-82)37-57(93)94)61(86(55(90)32-70)69(104)44-16-18-46(71)19-17-44)68(103)79-51(31-45-33-73-48-15-11-10-14-47(45)48)64(99)75-42(5)63(98)81-60(41(3)4)67(102)74-34-53(88)76-52(39-87)66(101)78-50(30-43-12-8-7-9-13-43)65(100)77-49(62(72)97)20-29-105-6/h7-19,33,40-42,49-52,59-61,73,87H,20-32,34-39,70-71H2,1-6H3,(H2,72,97)(H,74,102)(H,75,99)(H,76,88)(H,77,100)(H,78,101)(H,79,103)(H,80,89)(H,81,98)(H,91,92)(H,93,94)(H,95,96)/t42-,49-,50-,51-,52-,59+,60-,61-/m0/s1. The number of para-hydroxylation sites is 1. The van der Waals surface area contributed by atoms with Gasteiger partial charge in [-0.3, -0.25) is 91.6 Å². The zero-order chi connectivity index (χ0) is 77.6. The number of hydrogen-bond acceptors (Lipinski definition) is 22. The molecule has 0 radical (unpaired) electrons. The largest absolute Gasteiger partial charge is 0.480 e. The zero-order valence-corrected chi connectivity index (χ0v) is 60.5. The summed E-state index contributed by atoms with van der Waals surface area (Å²) in [6.07, 6.45) is 3.20. The van der Waals surface area contributed by atoms with Crippen LogP contribution in [0.2, 0.25) is 0 Å². The summed E-state index contributed by atoms with van der Waals surface area (Å²) in [6, 6.07) is 8.71. The second-order valence-electron chi connectivity index (χ2n) is 26.1. The van der Waals surface area contributed by atoms with Gasteiger partial charge in [-0.15, -0.1) is 0 Å². The lowest BCUT2D eigenvalue weighted by molar-refractivity contribution is -0.141. The zero-order valence-electron chi connectivity index (χ0n) is 59.7. The van der Waals surface area contributed by atoms with E-state index in [0.717, 1.165) is 0 Å². The van der Waals surface area contributed by atoms with Crippen LogP contribution < -0.4 is 59.7 Å². The van der Waals surface area contributed by atoms with Crippen molar-refractivity contribution in [3.05, 3.63) is 102 Å². The van der Waals surface area contributed by atoms with Crippen molar-refractivity contribution in [3.63, 3.8) is 0 Å². The van der Waals surface area contributed by atoms with E-state index in [2.05, 4.69) is 47.5 Å². The number of carboxylic acids is 3. The van der Waals surface area contributed by atoms with E-state index >= 15 is 4.79 Å². The van der Waals surface area contributed by atoms with Gasteiger partial charge in [-0.1, -0.05) is 76.2 Å². The van der Waals surface area contributed by atoms with Crippen molar-refractivity contribution in [3.8, 4) is 0 Å². The molecule has 574 valence electrons. The molecule has 105 heavy (non-hydrogen) atoms. The number of amides is 11. The van der Waals surface area contributed by atoms with Gasteiger partial charge in [0.25, 0.3) is 5.91 Å². The number of nitrogen functional groups attached to an aromatic ring is 1. The van der Waals surface area contributed by atoms with Crippen molar-refractivity contribution in [1.29, 1.82) is 0 Å². The van der Waals surface area contributed by atoms with Gasteiger partial charge in [-0.05, 0) is 78.6 Å². The number of thioether (sulfide) groups is 1. The Balaban J connectivity index is 1.41. The third-order valence-corrected chi connectivity index (χ3v) is 17.9. The van der Waals surface area contributed by atoms with Crippen LogP contribution in [0.3, 0.4) is 0 Å². The molecule has 1 aliphatic rings. The number of nitrogens with two attached hydrogens (primary N) is 3. The lowest BCUT2D eigenvalue weighted by Crippen LogP contribution is -2.66. The summed E-state index contributed by atoms with van der Waals surface area (Å²) in [5.74, 6) is -15.1. The fourth-order valence-electron chi connectivity index (χ4n) is 11.5. The van der Waals surface area contributed by atoms with E-state index in [9.17, 15) is 82.8 Å². The number of carbonyl (C=O) groups excluding carboxylic acids is 11. The fraction of sp³-hybridized carbons (Fsp3) is 0.507. The predicted molar refractivity (Wildman–Crippen MR) is 387 cm³/mol. The molecule has 1 aliphatic heterocycles. The van der Waals surface area contributed by atoms with Crippen LogP contribution in [-0.4, -0.2) is 291 Å². The van der Waals surface area contributed by atoms with Crippen LogP contribution >= 0.6 is 11.8 Å². The van der Waals surface area contributed by atoms with Crippen LogP contribution in [0.25, 0.3) is 10.9 Å². The minimum atomic E-state index is -2.03. The quantitative estimate of drug-likeness (QED) is 0.0191. The molecule has 36 heteroatoms. The highest BCUT2D eigenvalue weighted by Crippen LogP contribution is 2.23. The van der Waals surface area contributed by atoms with Crippen molar-refractivity contribution >= 4 is 111 Å². The summed E-state index contributed by atoms with van der Waals surface area (Å²) < 4.78 is 0. The Labute approximate surface area is 611 Å². The van der Waals surface area contributed by atoms with Gasteiger partial charge in [0.15, 0.2) is 0 Å². The van der Waals surface area contributed by atoms with Crippen LogP contribution in [0, 0.1) is 11.8 Å². The Bertz CT molecular complexity index is 3630. The number of aliphatic hydroxyl groups excluding tert-OH is 1. The lowest BCUT2D eigenvalue weighted by atomic mass is 9.92. The summed E-state index contributed by atoms with van der Waals surface area (Å²) in [5.41, 5.74) is 19.4. The van der Waals surface area contributed by atoms with Crippen molar-refractivity contribution in [2.75, 3.05) is 116 Å². The molecule has 0 aliphatic carbocycles. The Hall–Kier alpha value is -10.1. The first-order valence-electron chi connectivity index (χ1n) is 34.2. The molecule has 0 spiro atoms. The highest BCUT2D eigenvalue weighted by atomic mass is 32.2. The third kappa shape index (κ3) is 27.8. The molecule has 0 bridgehead atoms. The molecule has 0 saturated carbocycles. The summed E-state index contributed by atoms with van der Waals surface area (Å²) in [5, 5.41) is 60.7. The smallest absolute Gasteiger partial charge is 0.317 e. The number of rotatable bonds is 38. The molecule has 4 aromatic rings. The van der Waals surface area contributed by atoms with Crippen LogP contribution in [0.5, 0.6) is 0 Å². The van der Waals surface area contributed by atoms with Gasteiger partial charge in [-0.2, -0.15) is 11.8 Å². The van der Waals surface area contributed by atoms with Crippen molar-refractivity contribution in [2.24, 2.45) is 23.3 Å². The molecule has 19 N–H and O–H groups in total. The number of anilines is 1. The molecule has 11 amide bonds. The monoisotopic (exact) mass is 1490 g/mol. The first-order chi connectivity index (χ1) is 49.8. The minimum absolute atomic E-state index is 0.0100. The highest BCUT2D eigenvalue weighted by molar-refractivity contribution is 7.98. The molecule has 1 aromatic heterocycles. The summed E-state index contributed by atoms with van der Waals surface area (Å²) in [7, 11) is 0. The number of aliphatic hydroxyl groups is 1. The van der Waals surface area contributed by atoms with E-state index in [4.69, 9.17) is 17.2 Å². The molecular formula is C69H99N17O18S. The van der Waals surface area contributed by atoms with Crippen LogP contribution in [0.1, 0.15) is 62.5 Å². The van der Waals surface area contributed by atoms with Gasteiger partial charge in [0, 0.05) is 93.6 Å². The predicted octanol–water partition coefficient (Wildman–Crippen LogP) is -3.92. The van der Waals surface area contributed by atoms with E-state index < -0.39 is 189 Å². The first-order valence-corrected chi connectivity index (χ1v) is 35.6. The Kier molecular flexibility index (Phi) is 34.7. The molecule has 1 fully saturated rings. The maximum atomic E-state index is 15.7. The van der Waals surface area contributed by atoms with Gasteiger partial charge in [0.05, 0.1) is 51.9 Å². The summed E-state index contributed by atoms with van der Waals surface area (Å²) in [4.78, 5) is 202. The van der Waals surface area contributed by atoms with E-state index in [1.54, 1.807) is 114 Å². The molecule has 3 aromatic carbocycles. The van der Waals surface area contributed by atoms with Crippen molar-refractivity contribution in [2.45, 2.75) is 102 Å². The number of aromatic nitrogens is 1. The molecular weight excluding hydrogens is 1390 g/mol. The Morgan fingerprint density at radius 3 is 1.57 bits per heavy atom. The molecule has 35 nitrogen and oxygen atoms in total. The van der Waals surface area contributed by atoms with Crippen LogP contribution in [0.4, 0.5) is 5.69 Å². The molecule has 0 unspecified atom stereocenters. The van der Waals surface area contributed by atoms with Gasteiger partial charge in [-0.25, -0.2) is 0 Å². The Morgan fingerprint density at radius 1 is 0.552 bits per heavy atom. The fourth-order valence-corrected chi connectivity index (χ4v) is 12.0. The second kappa shape index (κ2) is 42.6. The molecule has 1 saturated heterocycles. The molecule has 5 rings (SSSR count). The minimum Gasteiger partial charge on any atom is -0.480 e. The molecule has 8 atom stereocenters. The highest BCUT2D eigenvalue weighted by Gasteiger charge is 2.44. The number of carboxylic acid groups (broad SMARTS) is 3. The number of carbonyl (C=O) groups is 14. The number of nitrogens with zero attached hydrogens (tertiary/aromatic N) is 5.